The van der Waals surface area contributed by atoms with E-state index in [1.54, 1.807) is 19.1 Å². The Kier molecular flexibility index (Phi) is 3.19. The second-order valence-electron chi connectivity index (χ2n) is 4.14. The Morgan fingerprint density at radius 2 is 1.83 bits per heavy atom. The minimum Gasteiger partial charge on any atom is -0.466 e. The molecule has 0 saturated carbocycles. The summed E-state index contributed by atoms with van der Waals surface area (Å²) >= 11 is 0. The summed E-state index contributed by atoms with van der Waals surface area (Å²) in [6.45, 7) is 5.44. The number of hydrogen-bond acceptors (Lipinski definition) is 4. The maximum absolute atomic E-state index is 11.5. The van der Waals surface area contributed by atoms with Crippen molar-refractivity contribution in [2.24, 2.45) is 0 Å². The van der Waals surface area contributed by atoms with Gasteiger partial charge in [0.1, 0.15) is 11.5 Å². The zero-order chi connectivity index (χ0) is 13.3. The molecule has 1 aromatic rings. The first kappa shape index (κ1) is 12.4. The van der Waals surface area contributed by atoms with Gasteiger partial charge in [0.05, 0.1) is 11.1 Å². The molecule has 1 aromatic heterocycles. The average Bonchev–Trinajstić information content (AvgIpc) is 2.75. The molecule has 1 saturated heterocycles. The smallest absolute Gasteiger partial charge is 0.346 e. The quantitative estimate of drug-likeness (QED) is 0.457. The Labute approximate surface area is 105 Å². The number of aryl methyl sites for hydroxylation is 2. The molecule has 2 rings (SSSR count). The zero-order valence-electron chi connectivity index (χ0n) is 10.6. The summed E-state index contributed by atoms with van der Waals surface area (Å²) in [4.78, 5) is 22.8. The van der Waals surface area contributed by atoms with Gasteiger partial charge in [-0.1, -0.05) is 12.2 Å². The molecule has 1 aliphatic rings. The van der Waals surface area contributed by atoms with Crippen molar-refractivity contribution >= 4 is 11.9 Å². The van der Waals surface area contributed by atoms with Crippen molar-refractivity contribution in [2.45, 2.75) is 27.2 Å². The van der Waals surface area contributed by atoms with Gasteiger partial charge in [0, 0.05) is 0 Å². The van der Waals surface area contributed by atoms with Crippen LogP contribution in [-0.4, -0.2) is 11.9 Å². The van der Waals surface area contributed by atoms with E-state index in [0.717, 1.165) is 17.1 Å². The zero-order valence-corrected chi connectivity index (χ0v) is 10.6. The van der Waals surface area contributed by atoms with Crippen LogP contribution in [0.2, 0.25) is 0 Å². The minimum absolute atomic E-state index is 0.331. The van der Waals surface area contributed by atoms with Crippen LogP contribution in [-0.2, 0) is 20.7 Å². The summed E-state index contributed by atoms with van der Waals surface area (Å²) < 4.78 is 9.97. The van der Waals surface area contributed by atoms with Crippen molar-refractivity contribution in [1.29, 1.82) is 0 Å². The molecule has 1 aliphatic heterocycles. The van der Waals surface area contributed by atoms with Gasteiger partial charge in [0.25, 0.3) is 0 Å². The van der Waals surface area contributed by atoms with Crippen LogP contribution in [0, 0.1) is 13.8 Å². The fourth-order valence-electron chi connectivity index (χ4n) is 1.98. The van der Waals surface area contributed by atoms with Crippen molar-refractivity contribution in [3.05, 3.63) is 46.4 Å². The second-order valence-corrected chi connectivity index (χ2v) is 4.14. The standard InChI is InChI=1S/C14H14O4/c1-4-11-12(14(16)18-13(11)15)6-5-10-7-8(2)17-9(10)3/h4,6-7H,5H2,1-3H3. The third kappa shape index (κ3) is 2.14. The molecule has 0 aliphatic carbocycles. The Balaban J connectivity index is 2.26. The molecule has 0 spiro atoms. The number of rotatable bonds is 2. The van der Waals surface area contributed by atoms with E-state index in [1.165, 1.54) is 0 Å². The van der Waals surface area contributed by atoms with E-state index >= 15 is 0 Å². The molecule has 0 amide bonds. The lowest BCUT2D eigenvalue weighted by atomic mass is 10.0. The van der Waals surface area contributed by atoms with Crippen LogP contribution >= 0.6 is 0 Å². The van der Waals surface area contributed by atoms with E-state index in [9.17, 15) is 9.59 Å². The number of carbonyl (C=O) groups is 2. The molecule has 1 fully saturated rings. The summed E-state index contributed by atoms with van der Waals surface area (Å²) in [7, 11) is 0. The highest BCUT2D eigenvalue weighted by atomic mass is 16.6. The van der Waals surface area contributed by atoms with Gasteiger partial charge in [-0.2, -0.15) is 0 Å². The molecule has 0 atom stereocenters. The van der Waals surface area contributed by atoms with Crippen LogP contribution in [0.5, 0.6) is 0 Å². The largest absolute Gasteiger partial charge is 0.466 e. The minimum atomic E-state index is -0.578. The van der Waals surface area contributed by atoms with Crippen molar-refractivity contribution in [3.8, 4) is 0 Å². The number of carbonyl (C=O) groups excluding carboxylic acids is 2. The molecule has 0 N–H and O–H groups in total. The number of ether oxygens (including phenoxy) is 1. The van der Waals surface area contributed by atoms with Crippen LogP contribution in [0.15, 0.2) is 33.8 Å². The number of hydrogen-bond donors (Lipinski definition) is 0. The summed E-state index contributed by atoms with van der Waals surface area (Å²) in [5.74, 6) is 0.501. The number of allylic oxidation sites excluding steroid dienone is 2. The van der Waals surface area contributed by atoms with Crippen LogP contribution in [0.3, 0.4) is 0 Å². The summed E-state index contributed by atoms with van der Waals surface area (Å²) in [5, 5.41) is 0. The Morgan fingerprint density at radius 1 is 1.17 bits per heavy atom. The molecule has 4 heteroatoms. The Morgan fingerprint density at radius 3 is 2.39 bits per heavy atom. The van der Waals surface area contributed by atoms with Gasteiger partial charge in [0.2, 0.25) is 0 Å². The second kappa shape index (κ2) is 4.64. The predicted molar refractivity (Wildman–Crippen MR) is 64.8 cm³/mol. The number of furan rings is 1. The molecule has 18 heavy (non-hydrogen) atoms. The fraction of sp³-hybridized carbons (Fsp3) is 0.286. The highest BCUT2D eigenvalue weighted by molar-refractivity contribution is 6.18. The van der Waals surface area contributed by atoms with Crippen LogP contribution < -0.4 is 0 Å². The molecule has 4 nitrogen and oxygen atoms in total. The van der Waals surface area contributed by atoms with Crippen molar-refractivity contribution in [2.75, 3.05) is 0 Å². The maximum atomic E-state index is 11.5. The van der Waals surface area contributed by atoms with Gasteiger partial charge in [-0.3, -0.25) is 0 Å². The molecule has 94 valence electrons. The van der Waals surface area contributed by atoms with Crippen molar-refractivity contribution in [1.82, 2.24) is 0 Å². The molecule has 2 heterocycles. The summed E-state index contributed by atoms with van der Waals surface area (Å²) in [5.41, 5.74) is 1.67. The van der Waals surface area contributed by atoms with E-state index in [2.05, 4.69) is 4.74 Å². The van der Waals surface area contributed by atoms with Crippen LogP contribution in [0.25, 0.3) is 0 Å². The average molecular weight is 246 g/mol. The number of cyclic esters (lactones) is 2. The Hall–Kier alpha value is -2.10. The van der Waals surface area contributed by atoms with Gasteiger partial charge in [-0.25, -0.2) is 9.59 Å². The predicted octanol–water partition coefficient (Wildman–Crippen LogP) is 2.40. The van der Waals surface area contributed by atoms with Gasteiger partial charge in [-0.05, 0) is 38.8 Å². The lowest BCUT2D eigenvalue weighted by Gasteiger charge is -1.94. The maximum Gasteiger partial charge on any atom is 0.346 e. The topological polar surface area (TPSA) is 56.5 Å². The lowest BCUT2D eigenvalue weighted by molar-refractivity contribution is -0.149. The Bertz CT molecular complexity index is 573. The normalized spacial score (nSPS) is 19.9. The first-order chi connectivity index (χ1) is 8.52. The molecular weight excluding hydrogens is 232 g/mol. The number of esters is 2. The molecule has 0 aromatic carbocycles. The first-order valence-corrected chi connectivity index (χ1v) is 5.72. The first-order valence-electron chi connectivity index (χ1n) is 5.72. The van der Waals surface area contributed by atoms with E-state index in [4.69, 9.17) is 4.42 Å². The fourth-order valence-corrected chi connectivity index (χ4v) is 1.98. The van der Waals surface area contributed by atoms with E-state index in [-0.39, 0.29) is 0 Å². The molecule has 0 radical (unpaired) electrons. The summed E-state index contributed by atoms with van der Waals surface area (Å²) in [6, 6.07) is 1.92. The van der Waals surface area contributed by atoms with E-state index in [0.29, 0.717) is 17.6 Å². The van der Waals surface area contributed by atoms with E-state index < -0.39 is 11.9 Å². The molecular formula is C14H14O4. The SMILES string of the molecule is CC=C1C(=O)OC(=O)C1=CCc1cc(C)oc1C. The molecule has 0 bridgehead atoms. The van der Waals surface area contributed by atoms with Crippen LogP contribution in [0.4, 0.5) is 0 Å². The summed E-state index contributed by atoms with van der Waals surface area (Å²) in [6.07, 6.45) is 3.84. The van der Waals surface area contributed by atoms with E-state index in [1.807, 2.05) is 19.9 Å². The van der Waals surface area contributed by atoms with Crippen molar-refractivity contribution < 1.29 is 18.7 Å². The third-order valence-corrected chi connectivity index (χ3v) is 2.87. The van der Waals surface area contributed by atoms with Gasteiger partial charge in [-0.15, -0.1) is 0 Å². The van der Waals surface area contributed by atoms with Gasteiger partial charge in [0.15, 0.2) is 0 Å². The monoisotopic (exact) mass is 246 g/mol. The highest BCUT2D eigenvalue weighted by Crippen LogP contribution is 2.23. The third-order valence-electron chi connectivity index (χ3n) is 2.87. The van der Waals surface area contributed by atoms with Gasteiger partial charge < -0.3 is 9.15 Å². The van der Waals surface area contributed by atoms with Gasteiger partial charge >= 0.3 is 11.9 Å². The molecule has 0 unspecified atom stereocenters. The highest BCUT2D eigenvalue weighted by Gasteiger charge is 2.32. The van der Waals surface area contributed by atoms with Crippen molar-refractivity contribution in [3.63, 3.8) is 0 Å². The lowest BCUT2D eigenvalue weighted by Crippen LogP contribution is -1.97. The van der Waals surface area contributed by atoms with Crippen LogP contribution in [0.1, 0.15) is 24.0 Å².